The molecule has 2 rings (SSSR count). The standard InChI is InChI=1S/C12H16BrNO2S/c1-2-17(15,16)12-10(7-14)11(12)8-3-5-9(13)6-4-8/h3-6,10-12H,2,7,14H2,1H3/t10-,11-,12+/m0/s1. The van der Waals surface area contributed by atoms with Gasteiger partial charge in [0.05, 0.1) is 5.25 Å². The molecule has 0 bridgehead atoms. The summed E-state index contributed by atoms with van der Waals surface area (Å²) in [6, 6.07) is 7.83. The van der Waals surface area contributed by atoms with Crippen molar-refractivity contribution in [3.8, 4) is 0 Å². The molecule has 0 spiro atoms. The van der Waals surface area contributed by atoms with Crippen LogP contribution in [0.1, 0.15) is 18.4 Å². The van der Waals surface area contributed by atoms with Crippen LogP contribution in [0.25, 0.3) is 0 Å². The third kappa shape index (κ3) is 2.41. The lowest BCUT2D eigenvalue weighted by atomic mass is 10.1. The Morgan fingerprint density at radius 1 is 1.29 bits per heavy atom. The number of rotatable bonds is 4. The second kappa shape index (κ2) is 4.71. The fourth-order valence-electron chi connectivity index (χ4n) is 2.43. The van der Waals surface area contributed by atoms with Gasteiger partial charge in [-0.05, 0) is 30.2 Å². The molecule has 1 fully saturated rings. The van der Waals surface area contributed by atoms with E-state index in [1.807, 2.05) is 24.3 Å². The van der Waals surface area contributed by atoms with Gasteiger partial charge in [-0.1, -0.05) is 35.0 Å². The van der Waals surface area contributed by atoms with Crippen LogP contribution in [0.3, 0.4) is 0 Å². The van der Waals surface area contributed by atoms with E-state index in [0.717, 1.165) is 10.0 Å². The van der Waals surface area contributed by atoms with Gasteiger partial charge in [0.15, 0.2) is 9.84 Å². The summed E-state index contributed by atoms with van der Waals surface area (Å²) in [5.41, 5.74) is 6.73. The lowest BCUT2D eigenvalue weighted by Gasteiger charge is -2.01. The van der Waals surface area contributed by atoms with Crippen molar-refractivity contribution in [3.05, 3.63) is 34.3 Å². The third-order valence-corrected chi connectivity index (χ3v) is 6.25. The molecule has 1 aromatic rings. The zero-order valence-electron chi connectivity index (χ0n) is 9.64. The van der Waals surface area contributed by atoms with Crippen LogP contribution >= 0.6 is 15.9 Å². The lowest BCUT2D eigenvalue weighted by Crippen LogP contribution is -2.15. The number of benzene rings is 1. The normalized spacial score (nSPS) is 28.1. The summed E-state index contributed by atoms with van der Waals surface area (Å²) < 4.78 is 24.8. The van der Waals surface area contributed by atoms with Crippen molar-refractivity contribution in [3.63, 3.8) is 0 Å². The fraction of sp³-hybridized carbons (Fsp3) is 0.500. The Bertz CT molecular complexity index is 498. The Labute approximate surface area is 110 Å². The zero-order chi connectivity index (χ0) is 12.6. The molecule has 0 aromatic heterocycles. The van der Waals surface area contributed by atoms with Crippen molar-refractivity contribution < 1.29 is 8.42 Å². The van der Waals surface area contributed by atoms with Gasteiger partial charge in [-0.25, -0.2) is 8.42 Å². The molecule has 1 aliphatic carbocycles. The molecule has 2 N–H and O–H groups in total. The maximum absolute atomic E-state index is 11.9. The van der Waals surface area contributed by atoms with Crippen molar-refractivity contribution in [2.24, 2.45) is 11.7 Å². The first kappa shape index (κ1) is 13.1. The first-order valence-electron chi connectivity index (χ1n) is 5.68. The highest BCUT2D eigenvalue weighted by Gasteiger charge is 2.56. The van der Waals surface area contributed by atoms with Gasteiger partial charge in [0, 0.05) is 16.1 Å². The minimum absolute atomic E-state index is 0.0815. The van der Waals surface area contributed by atoms with Gasteiger partial charge in [0.2, 0.25) is 0 Å². The Hall–Kier alpha value is -0.390. The van der Waals surface area contributed by atoms with Gasteiger partial charge in [0.25, 0.3) is 0 Å². The quantitative estimate of drug-likeness (QED) is 0.923. The van der Waals surface area contributed by atoms with Crippen LogP contribution in [-0.2, 0) is 9.84 Å². The molecule has 17 heavy (non-hydrogen) atoms. The second-order valence-corrected chi connectivity index (χ2v) is 7.76. The number of nitrogens with two attached hydrogens (primary N) is 1. The summed E-state index contributed by atoms with van der Waals surface area (Å²) in [5, 5.41) is -0.279. The Kier molecular flexibility index (Phi) is 3.61. The van der Waals surface area contributed by atoms with Gasteiger partial charge < -0.3 is 5.73 Å². The molecule has 1 saturated carbocycles. The van der Waals surface area contributed by atoms with Crippen molar-refractivity contribution in [1.82, 2.24) is 0 Å². The van der Waals surface area contributed by atoms with Crippen LogP contribution < -0.4 is 5.73 Å². The first-order chi connectivity index (χ1) is 8.01. The highest BCUT2D eigenvalue weighted by atomic mass is 79.9. The van der Waals surface area contributed by atoms with E-state index in [-0.39, 0.29) is 22.8 Å². The molecule has 1 aromatic carbocycles. The number of hydrogen-bond acceptors (Lipinski definition) is 3. The second-order valence-electron chi connectivity index (χ2n) is 4.39. The van der Waals surface area contributed by atoms with Gasteiger partial charge in [-0.3, -0.25) is 0 Å². The molecule has 0 amide bonds. The topological polar surface area (TPSA) is 60.2 Å². The van der Waals surface area contributed by atoms with Crippen molar-refractivity contribution in [2.75, 3.05) is 12.3 Å². The lowest BCUT2D eigenvalue weighted by molar-refractivity contribution is 0.593. The molecule has 3 nitrogen and oxygen atoms in total. The molecule has 0 heterocycles. The average Bonchev–Trinajstić information content (AvgIpc) is 3.05. The van der Waals surface area contributed by atoms with Crippen molar-refractivity contribution in [2.45, 2.75) is 18.1 Å². The summed E-state index contributed by atoms with van der Waals surface area (Å²) in [6.07, 6.45) is 0. The highest BCUT2D eigenvalue weighted by molar-refractivity contribution is 9.10. The zero-order valence-corrected chi connectivity index (χ0v) is 12.0. The largest absolute Gasteiger partial charge is 0.330 e. The summed E-state index contributed by atoms with van der Waals surface area (Å²) in [6.45, 7) is 2.13. The predicted octanol–water partition coefficient (Wildman–Crippen LogP) is 1.92. The monoisotopic (exact) mass is 317 g/mol. The summed E-state index contributed by atoms with van der Waals surface area (Å²) in [4.78, 5) is 0. The maximum Gasteiger partial charge on any atom is 0.153 e. The predicted molar refractivity (Wildman–Crippen MR) is 72.7 cm³/mol. The van der Waals surface area contributed by atoms with E-state index < -0.39 is 9.84 Å². The molecule has 0 unspecified atom stereocenters. The van der Waals surface area contributed by atoms with Crippen LogP contribution in [0.15, 0.2) is 28.7 Å². The minimum atomic E-state index is -2.99. The van der Waals surface area contributed by atoms with Crippen LogP contribution in [-0.4, -0.2) is 26.0 Å². The number of sulfone groups is 1. The van der Waals surface area contributed by atoms with E-state index in [9.17, 15) is 8.42 Å². The fourth-order valence-corrected chi connectivity index (χ4v) is 4.60. The van der Waals surface area contributed by atoms with E-state index in [1.54, 1.807) is 6.92 Å². The average molecular weight is 318 g/mol. The molecular formula is C12H16BrNO2S. The molecule has 1 aliphatic rings. The molecule has 3 atom stereocenters. The summed E-state index contributed by atoms with van der Waals surface area (Å²) in [7, 11) is -2.99. The van der Waals surface area contributed by atoms with Gasteiger partial charge in [-0.2, -0.15) is 0 Å². The molecule has 0 saturated heterocycles. The molecular weight excluding hydrogens is 302 g/mol. The van der Waals surface area contributed by atoms with E-state index in [2.05, 4.69) is 15.9 Å². The third-order valence-electron chi connectivity index (χ3n) is 3.44. The maximum atomic E-state index is 11.9. The SMILES string of the molecule is CCS(=O)(=O)[C@@H]1[C@@H](CN)[C@@H]1c1ccc(Br)cc1. The van der Waals surface area contributed by atoms with Gasteiger partial charge in [0.1, 0.15) is 0 Å². The van der Waals surface area contributed by atoms with Crippen LogP contribution in [0, 0.1) is 5.92 Å². The number of hydrogen-bond donors (Lipinski definition) is 1. The van der Waals surface area contributed by atoms with Crippen LogP contribution in [0.2, 0.25) is 0 Å². The van der Waals surface area contributed by atoms with E-state index >= 15 is 0 Å². The molecule has 94 valence electrons. The molecule has 0 aliphatic heterocycles. The van der Waals surface area contributed by atoms with Gasteiger partial charge in [-0.15, -0.1) is 0 Å². The Balaban J connectivity index is 2.26. The van der Waals surface area contributed by atoms with E-state index in [4.69, 9.17) is 5.73 Å². The molecule has 0 radical (unpaired) electrons. The molecule has 5 heteroatoms. The van der Waals surface area contributed by atoms with E-state index in [0.29, 0.717) is 6.54 Å². The van der Waals surface area contributed by atoms with Gasteiger partial charge >= 0.3 is 0 Å². The van der Waals surface area contributed by atoms with Crippen molar-refractivity contribution >= 4 is 25.8 Å². The number of halogens is 1. The van der Waals surface area contributed by atoms with Crippen molar-refractivity contribution in [1.29, 1.82) is 0 Å². The Morgan fingerprint density at radius 2 is 1.88 bits per heavy atom. The highest BCUT2D eigenvalue weighted by Crippen LogP contribution is 2.51. The Morgan fingerprint density at radius 3 is 2.35 bits per heavy atom. The minimum Gasteiger partial charge on any atom is -0.330 e. The first-order valence-corrected chi connectivity index (χ1v) is 8.19. The van der Waals surface area contributed by atoms with Crippen LogP contribution in [0.5, 0.6) is 0 Å². The van der Waals surface area contributed by atoms with E-state index in [1.165, 1.54) is 0 Å². The smallest absolute Gasteiger partial charge is 0.153 e. The summed E-state index contributed by atoms with van der Waals surface area (Å²) in [5.74, 6) is 0.362. The van der Waals surface area contributed by atoms with Crippen LogP contribution in [0.4, 0.5) is 0 Å². The summed E-state index contributed by atoms with van der Waals surface area (Å²) >= 11 is 3.37.